The SMILES string of the molecule is O=C(Nc1nn(Cc2ccccc2F)cc1Cl)c1n[nH]c([N+](=O)[O-])c1Cl. The number of nitrogens with zero attached hydrogens (tertiary/aromatic N) is 4. The van der Waals surface area contributed by atoms with Gasteiger partial charge in [-0.05, 0) is 11.0 Å². The maximum atomic E-state index is 13.7. The largest absolute Gasteiger partial charge is 0.362 e. The average molecular weight is 399 g/mol. The van der Waals surface area contributed by atoms with Crippen molar-refractivity contribution < 1.29 is 14.1 Å². The lowest BCUT2D eigenvalue weighted by atomic mass is 10.2. The molecule has 0 saturated heterocycles. The molecule has 0 aliphatic carbocycles. The quantitative estimate of drug-likeness (QED) is 0.504. The zero-order chi connectivity index (χ0) is 18.8. The second-order valence-corrected chi connectivity index (χ2v) is 5.85. The van der Waals surface area contributed by atoms with E-state index in [9.17, 15) is 19.3 Å². The molecule has 0 aliphatic rings. The van der Waals surface area contributed by atoms with E-state index in [4.69, 9.17) is 23.2 Å². The van der Waals surface area contributed by atoms with Crippen LogP contribution in [0.5, 0.6) is 0 Å². The number of benzene rings is 1. The van der Waals surface area contributed by atoms with Crippen LogP contribution in [0, 0.1) is 15.9 Å². The molecule has 3 rings (SSSR count). The zero-order valence-electron chi connectivity index (χ0n) is 12.7. The molecule has 0 atom stereocenters. The van der Waals surface area contributed by atoms with E-state index in [0.717, 1.165) is 0 Å². The summed E-state index contributed by atoms with van der Waals surface area (Å²) in [6.45, 7) is 0.0941. The highest BCUT2D eigenvalue weighted by Crippen LogP contribution is 2.26. The van der Waals surface area contributed by atoms with Crippen molar-refractivity contribution in [2.45, 2.75) is 6.54 Å². The number of H-pyrrole nitrogens is 1. The van der Waals surface area contributed by atoms with Gasteiger partial charge in [-0.2, -0.15) is 5.10 Å². The Hall–Kier alpha value is -2.98. The Bertz CT molecular complexity index is 1000. The highest BCUT2D eigenvalue weighted by molar-refractivity contribution is 6.36. The molecule has 9 nitrogen and oxygen atoms in total. The molecule has 2 heterocycles. The van der Waals surface area contributed by atoms with Crippen LogP contribution in [0.1, 0.15) is 16.1 Å². The van der Waals surface area contributed by atoms with E-state index in [1.54, 1.807) is 18.2 Å². The van der Waals surface area contributed by atoms with Crippen LogP contribution in [0.4, 0.5) is 16.0 Å². The minimum atomic E-state index is -0.836. The van der Waals surface area contributed by atoms with E-state index in [1.165, 1.54) is 16.9 Å². The maximum absolute atomic E-state index is 13.7. The molecule has 1 aromatic carbocycles. The monoisotopic (exact) mass is 398 g/mol. The fourth-order valence-electron chi connectivity index (χ4n) is 2.12. The average Bonchev–Trinajstić information content (AvgIpc) is 3.13. The Morgan fingerprint density at radius 1 is 1.38 bits per heavy atom. The van der Waals surface area contributed by atoms with Crippen molar-refractivity contribution in [3.63, 3.8) is 0 Å². The number of rotatable bonds is 5. The van der Waals surface area contributed by atoms with Gasteiger partial charge < -0.3 is 15.4 Å². The summed E-state index contributed by atoms with van der Waals surface area (Å²) < 4.78 is 15.0. The van der Waals surface area contributed by atoms with Crippen LogP contribution >= 0.6 is 23.2 Å². The lowest BCUT2D eigenvalue weighted by molar-refractivity contribution is -0.389. The molecule has 0 radical (unpaired) electrons. The summed E-state index contributed by atoms with van der Waals surface area (Å²) in [5.41, 5.74) is 0.00796. The summed E-state index contributed by atoms with van der Waals surface area (Å²) >= 11 is 11.8. The van der Waals surface area contributed by atoms with Gasteiger partial charge in [0.15, 0.2) is 16.5 Å². The highest BCUT2D eigenvalue weighted by Gasteiger charge is 2.26. The molecule has 2 N–H and O–H groups in total. The van der Waals surface area contributed by atoms with E-state index in [2.05, 4.69) is 20.6 Å². The standard InChI is InChI=1S/C14H9Cl2FN6O3/c15-8-6-22(5-7-3-1-2-4-9(7)17)21-12(8)18-14(24)11-10(16)13(20-19-11)23(25)26/h1-4,6H,5H2,(H,19,20)(H,18,21,24). The molecular formula is C14H9Cl2FN6O3. The van der Waals surface area contributed by atoms with Gasteiger partial charge in [-0.1, -0.05) is 46.5 Å². The Morgan fingerprint density at radius 2 is 2.12 bits per heavy atom. The third kappa shape index (κ3) is 3.51. The summed E-state index contributed by atoms with van der Waals surface area (Å²) in [5, 5.41) is 22.4. The van der Waals surface area contributed by atoms with Crippen molar-refractivity contribution >= 4 is 40.7 Å². The van der Waals surface area contributed by atoms with E-state index in [1.807, 2.05) is 0 Å². The van der Waals surface area contributed by atoms with Gasteiger partial charge in [0.1, 0.15) is 10.8 Å². The summed E-state index contributed by atoms with van der Waals surface area (Å²) in [6, 6.07) is 6.15. The number of anilines is 1. The summed E-state index contributed by atoms with van der Waals surface area (Å²) in [7, 11) is 0. The molecule has 134 valence electrons. The van der Waals surface area contributed by atoms with Crippen molar-refractivity contribution in [1.82, 2.24) is 20.0 Å². The molecule has 1 amide bonds. The smallest absolute Gasteiger partial charge is 0.358 e. The summed E-state index contributed by atoms with van der Waals surface area (Å²) in [4.78, 5) is 22.1. The van der Waals surface area contributed by atoms with Gasteiger partial charge in [-0.3, -0.25) is 9.48 Å². The first-order valence-corrected chi connectivity index (χ1v) is 7.78. The number of nitro groups is 1. The van der Waals surface area contributed by atoms with E-state index in [0.29, 0.717) is 5.56 Å². The number of halogens is 3. The fraction of sp³-hybridized carbons (Fsp3) is 0.0714. The minimum absolute atomic E-state index is 0.0188. The summed E-state index contributed by atoms with van der Waals surface area (Å²) in [6.07, 6.45) is 1.40. The van der Waals surface area contributed by atoms with Crippen LogP contribution in [-0.4, -0.2) is 30.8 Å². The number of carbonyl (C=O) groups is 1. The number of aromatic amines is 1. The van der Waals surface area contributed by atoms with Crippen LogP contribution in [0.3, 0.4) is 0 Å². The number of carbonyl (C=O) groups excluding carboxylic acids is 1. The zero-order valence-corrected chi connectivity index (χ0v) is 14.3. The highest BCUT2D eigenvalue weighted by atomic mass is 35.5. The molecule has 0 fully saturated rings. The molecule has 0 saturated carbocycles. The third-order valence-corrected chi connectivity index (χ3v) is 3.96. The number of hydrogen-bond acceptors (Lipinski definition) is 5. The topological polar surface area (TPSA) is 119 Å². The van der Waals surface area contributed by atoms with Gasteiger partial charge in [0.25, 0.3) is 5.91 Å². The predicted octanol–water partition coefficient (Wildman–Crippen LogP) is 3.26. The third-order valence-electron chi connectivity index (χ3n) is 3.33. The Kier molecular flexibility index (Phi) is 4.87. The molecule has 2 aromatic heterocycles. The van der Waals surface area contributed by atoms with E-state index in [-0.39, 0.29) is 23.1 Å². The van der Waals surface area contributed by atoms with Crippen LogP contribution < -0.4 is 5.32 Å². The number of nitrogens with one attached hydrogen (secondary N) is 2. The molecule has 0 unspecified atom stereocenters. The lowest BCUT2D eigenvalue weighted by Gasteiger charge is -2.03. The van der Waals surface area contributed by atoms with Gasteiger partial charge in [0.05, 0.1) is 6.54 Å². The van der Waals surface area contributed by atoms with E-state index >= 15 is 0 Å². The van der Waals surface area contributed by atoms with Crippen molar-refractivity contribution in [2.75, 3.05) is 5.32 Å². The molecule has 26 heavy (non-hydrogen) atoms. The van der Waals surface area contributed by atoms with Crippen LogP contribution in [0.2, 0.25) is 10.0 Å². The molecule has 0 spiro atoms. The van der Waals surface area contributed by atoms with Crippen LogP contribution in [0.25, 0.3) is 0 Å². The first kappa shape index (κ1) is 17.8. The lowest BCUT2D eigenvalue weighted by Crippen LogP contribution is -2.14. The Labute approximate surface area is 154 Å². The first-order valence-electron chi connectivity index (χ1n) is 7.02. The predicted molar refractivity (Wildman–Crippen MR) is 90.9 cm³/mol. The van der Waals surface area contributed by atoms with Gasteiger partial charge in [0, 0.05) is 11.8 Å². The summed E-state index contributed by atoms with van der Waals surface area (Å²) in [5.74, 6) is -1.86. The maximum Gasteiger partial charge on any atom is 0.362 e. The number of hydrogen-bond donors (Lipinski definition) is 2. The molecular weight excluding hydrogens is 390 g/mol. The molecule has 0 aliphatic heterocycles. The molecule has 3 aromatic rings. The first-order chi connectivity index (χ1) is 12.4. The van der Waals surface area contributed by atoms with Crippen LogP contribution in [-0.2, 0) is 6.54 Å². The van der Waals surface area contributed by atoms with Gasteiger partial charge in [-0.25, -0.2) is 4.39 Å². The van der Waals surface area contributed by atoms with Gasteiger partial charge >= 0.3 is 5.82 Å². The van der Waals surface area contributed by atoms with Crippen molar-refractivity contribution in [3.8, 4) is 0 Å². The van der Waals surface area contributed by atoms with Crippen molar-refractivity contribution in [2.24, 2.45) is 0 Å². The van der Waals surface area contributed by atoms with Crippen LogP contribution in [0.15, 0.2) is 30.5 Å². The second-order valence-electron chi connectivity index (χ2n) is 5.06. The molecule has 0 bridgehead atoms. The number of amides is 1. The second kappa shape index (κ2) is 7.10. The van der Waals surface area contributed by atoms with Crippen molar-refractivity contribution in [3.05, 3.63) is 67.7 Å². The van der Waals surface area contributed by atoms with E-state index < -0.39 is 27.5 Å². The number of aromatic nitrogens is 4. The molecule has 12 heteroatoms. The van der Waals surface area contributed by atoms with Crippen molar-refractivity contribution in [1.29, 1.82) is 0 Å². The van der Waals surface area contributed by atoms with Gasteiger partial charge in [-0.15, -0.1) is 5.10 Å². The Morgan fingerprint density at radius 3 is 2.77 bits per heavy atom. The fourth-order valence-corrected chi connectivity index (χ4v) is 2.56. The minimum Gasteiger partial charge on any atom is -0.358 e. The Balaban J connectivity index is 1.79. The normalized spacial score (nSPS) is 10.7. The van der Waals surface area contributed by atoms with Gasteiger partial charge in [0.2, 0.25) is 0 Å².